The first kappa shape index (κ1) is 21.8. The van der Waals surface area contributed by atoms with Crippen molar-refractivity contribution < 1.29 is 19.1 Å². The first-order chi connectivity index (χ1) is 14.1. The number of nitrogens with zero attached hydrogens (tertiary/aromatic N) is 2. The van der Waals surface area contributed by atoms with Gasteiger partial charge >= 0.3 is 0 Å². The predicted molar refractivity (Wildman–Crippen MR) is 114 cm³/mol. The highest BCUT2D eigenvalue weighted by atomic mass is 32.1. The number of amides is 2. The number of nitrogens with one attached hydrogen (secondary N) is 1. The molecule has 0 unspecified atom stereocenters. The van der Waals surface area contributed by atoms with Gasteiger partial charge in [-0.1, -0.05) is 0 Å². The molecule has 0 spiro atoms. The Labute approximate surface area is 176 Å². The molecule has 0 atom stereocenters. The molecule has 7 nitrogen and oxygen atoms in total. The van der Waals surface area contributed by atoms with Crippen LogP contribution in [0.15, 0.2) is 17.5 Å². The molecule has 1 fully saturated rings. The fourth-order valence-corrected chi connectivity index (χ4v) is 4.69. The minimum absolute atomic E-state index is 0.0129. The maximum Gasteiger partial charge on any atom is 0.270 e. The number of thiophene rings is 1. The van der Waals surface area contributed by atoms with E-state index < -0.39 is 6.29 Å². The van der Waals surface area contributed by atoms with Crippen molar-refractivity contribution in [1.82, 2.24) is 14.8 Å². The number of rotatable bonds is 9. The minimum atomic E-state index is -0.411. The second-order valence-corrected chi connectivity index (χ2v) is 8.04. The molecule has 3 heterocycles. The van der Waals surface area contributed by atoms with E-state index in [1.54, 1.807) is 11.3 Å². The van der Waals surface area contributed by atoms with Crippen molar-refractivity contribution in [2.24, 2.45) is 5.92 Å². The summed E-state index contributed by atoms with van der Waals surface area (Å²) < 4.78 is 14.2. The third-order valence-corrected chi connectivity index (χ3v) is 6.21. The van der Waals surface area contributed by atoms with Gasteiger partial charge in [-0.3, -0.25) is 9.59 Å². The van der Waals surface area contributed by atoms with Crippen molar-refractivity contribution in [1.29, 1.82) is 0 Å². The molecule has 1 saturated heterocycles. The largest absolute Gasteiger partial charge is 0.351 e. The molecular formula is C21H31N3O4S. The predicted octanol–water partition coefficient (Wildman–Crippen LogP) is 3.09. The van der Waals surface area contributed by atoms with E-state index in [1.165, 1.54) is 0 Å². The smallest absolute Gasteiger partial charge is 0.270 e. The Hall–Kier alpha value is -1.90. The number of hydrogen-bond donors (Lipinski definition) is 1. The number of ether oxygens (including phenoxy) is 2. The van der Waals surface area contributed by atoms with Gasteiger partial charge in [-0.25, -0.2) is 0 Å². The number of likely N-dealkylation sites (tertiary alicyclic amines) is 1. The van der Waals surface area contributed by atoms with Gasteiger partial charge in [0, 0.05) is 38.8 Å². The summed E-state index contributed by atoms with van der Waals surface area (Å²) in [5.41, 5.74) is 1.86. The van der Waals surface area contributed by atoms with Crippen molar-refractivity contribution in [2.75, 3.05) is 32.8 Å². The average molecular weight is 422 g/mol. The summed E-state index contributed by atoms with van der Waals surface area (Å²) in [7, 11) is 0. The van der Waals surface area contributed by atoms with Crippen molar-refractivity contribution in [2.45, 2.75) is 46.4 Å². The summed E-state index contributed by atoms with van der Waals surface area (Å²) in [6.07, 6.45) is 0.936. The molecule has 2 aromatic heterocycles. The van der Waals surface area contributed by atoms with E-state index in [1.807, 2.05) is 24.8 Å². The first-order valence-corrected chi connectivity index (χ1v) is 11.3. The molecule has 0 bridgehead atoms. The van der Waals surface area contributed by atoms with Gasteiger partial charge in [0.1, 0.15) is 5.69 Å². The Morgan fingerprint density at radius 3 is 2.52 bits per heavy atom. The summed E-state index contributed by atoms with van der Waals surface area (Å²) in [6, 6.07) is 4.06. The number of carbonyl (C=O) groups excluding carboxylic acids is 2. The Morgan fingerprint density at radius 2 is 1.90 bits per heavy atom. The molecule has 2 amide bonds. The van der Waals surface area contributed by atoms with Gasteiger partial charge in [0.25, 0.3) is 5.91 Å². The summed E-state index contributed by atoms with van der Waals surface area (Å²) in [4.78, 5) is 27.4. The number of aromatic nitrogens is 1. The third kappa shape index (κ3) is 4.99. The van der Waals surface area contributed by atoms with E-state index in [9.17, 15) is 9.59 Å². The molecule has 0 saturated carbocycles. The summed E-state index contributed by atoms with van der Waals surface area (Å²) in [5, 5.41) is 4.99. The van der Waals surface area contributed by atoms with E-state index in [0.717, 1.165) is 22.5 Å². The van der Waals surface area contributed by atoms with Crippen LogP contribution in [0, 0.1) is 5.92 Å². The van der Waals surface area contributed by atoms with Crippen LogP contribution in [0.1, 0.15) is 44.1 Å². The lowest BCUT2D eigenvalue weighted by atomic mass is 9.95. The van der Waals surface area contributed by atoms with E-state index in [0.29, 0.717) is 45.7 Å². The summed E-state index contributed by atoms with van der Waals surface area (Å²) >= 11 is 1.66. The summed E-state index contributed by atoms with van der Waals surface area (Å²) in [5.74, 6) is -0.00905. The van der Waals surface area contributed by atoms with Gasteiger partial charge in [-0.05, 0) is 51.1 Å². The van der Waals surface area contributed by atoms with Gasteiger partial charge in [0.15, 0.2) is 6.29 Å². The zero-order chi connectivity index (χ0) is 20.8. The number of aryl methyl sites for hydroxylation is 1. The highest BCUT2D eigenvalue weighted by Gasteiger charge is 2.29. The summed E-state index contributed by atoms with van der Waals surface area (Å²) in [6.45, 7) is 9.25. The van der Waals surface area contributed by atoms with E-state index >= 15 is 0 Å². The Bertz CT molecular complexity index is 817. The second kappa shape index (κ2) is 10.2. The average Bonchev–Trinajstić information content (AvgIpc) is 3.32. The Morgan fingerprint density at radius 1 is 1.21 bits per heavy atom. The maximum atomic E-state index is 13.1. The monoisotopic (exact) mass is 421 g/mol. The van der Waals surface area contributed by atoms with Crippen molar-refractivity contribution in [3.05, 3.63) is 23.2 Å². The van der Waals surface area contributed by atoms with Gasteiger partial charge in [-0.2, -0.15) is 0 Å². The molecular weight excluding hydrogens is 390 g/mol. The fourth-order valence-electron chi connectivity index (χ4n) is 3.87. The topological polar surface area (TPSA) is 72.8 Å². The van der Waals surface area contributed by atoms with Crippen LogP contribution in [0.3, 0.4) is 0 Å². The van der Waals surface area contributed by atoms with Crippen LogP contribution in [0.2, 0.25) is 0 Å². The Balaban J connectivity index is 1.53. The van der Waals surface area contributed by atoms with E-state index in [2.05, 4.69) is 28.3 Å². The van der Waals surface area contributed by atoms with Crippen LogP contribution < -0.4 is 5.32 Å². The van der Waals surface area contributed by atoms with E-state index in [4.69, 9.17) is 9.47 Å². The number of carbonyl (C=O) groups is 2. The van der Waals surface area contributed by atoms with Crippen molar-refractivity contribution >= 4 is 33.4 Å². The molecule has 8 heteroatoms. The zero-order valence-electron chi connectivity index (χ0n) is 17.5. The highest BCUT2D eigenvalue weighted by molar-refractivity contribution is 7.17. The number of piperidine rings is 1. The lowest BCUT2D eigenvalue weighted by Crippen LogP contribution is -2.45. The van der Waals surface area contributed by atoms with Crippen LogP contribution in [-0.2, 0) is 20.8 Å². The molecule has 0 radical (unpaired) electrons. The lowest BCUT2D eigenvalue weighted by molar-refractivity contribution is -0.142. The van der Waals surface area contributed by atoms with Crippen molar-refractivity contribution in [3.63, 3.8) is 0 Å². The normalized spacial score (nSPS) is 15.4. The molecule has 2 aromatic rings. The molecule has 0 aliphatic carbocycles. The van der Waals surface area contributed by atoms with Gasteiger partial charge in [0.05, 0.1) is 16.8 Å². The second-order valence-electron chi connectivity index (χ2n) is 7.10. The quantitative estimate of drug-likeness (QED) is 0.632. The molecule has 160 valence electrons. The van der Waals surface area contributed by atoms with Crippen LogP contribution in [0.5, 0.6) is 0 Å². The minimum Gasteiger partial charge on any atom is -0.351 e. The SMILES string of the molecule is CCOC(CNC(=O)C1CCN(C(=O)c2cc3sccc3n2CC)CC1)OCC. The number of hydrogen-bond acceptors (Lipinski definition) is 5. The number of fused-ring (bicyclic) bond motifs is 1. The lowest BCUT2D eigenvalue weighted by Gasteiger charge is -2.31. The maximum absolute atomic E-state index is 13.1. The van der Waals surface area contributed by atoms with Gasteiger partial charge in [0.2, 0.25) is 5.91 Å². The van der Waals surface area contributed by atoms with Gasteiger partial charge < -0.3 is 24.3 Å². The third-order valence-electron chi connectivity index (χ3n) is 5.36. The molecule has 1 N–H and O–H groups in total. The van der Waals surface area contributed by atoms with Crippen molar-refractivity contribution in [3.8, 4) is 0 Å². The van der Waals surface area contributed by atoms with Gasteiger partial charge in [-0.15, -0.1) is 11.3 Å². The molecule has 29 heavy (non-hydrogen) atoms. The standard InChI is InChI=1S/C21H31N3O4S/c1-4-24-16-9-12-29-18(16)13-17(24)21(26)23-10-7-15(8-11-23)20(25)22-14-19(27-5-2)28-6-3/h9,12-13,15,19H,4-8,10-11,14H2,1-3H3,(H,22,25). The molecule has 1 aliphatic rings. The van der Waals surface area contributed by atoms with Crippen LogP contribution in [0.4, 0.5) is 0 Å². The van der Waals surface area contributed by atoms with Crippen LogP contribution >= 0.6 is 11.3 Å². The van der Waals surface area contributed by atoms with Crippen LogP contribution in [-0.4, -0.2) is 60.4 Å². The first-order valence-electron chi connectivity index (χ1n) is 10.5. The molecule has 1 aliphatic heterocycles. The molecule has 0 aromatic carbocycles. The van der Waals surface area contributed by atoms with E-state index in [-0.39, 0.29) is 17.7 Å². The van der Waals surface area contributed by atoms with Crippen LogP contribution in [0.25, 0.3) is 10.2 Å². The fraction of sp³-hybridized carbons (Fsp3) is 0.619. The highest BCUT2D eigenvalue weighted by Crippen LogP contribution is 2.27. The zero-order valence-corrected chi connectivity index (χ0v) is 18.3. The molecule has 3 rings (SSSR count). The Kier molecular flexibility index (Phi) is 7.69.